The Morgan fingerprint density at radius 2 is 1.89 bits per heavy atom. The summed E-state index contributed by atoms with van der Waals surface area (Å²) in [5.41, 5.74) is 6.26. The number of hydrogen-bond donors (Lipinski definition) is 2. The van der Waals surface area contributed by atoms with Crippen LogP contribution < -0.4 is 15.5 Å². The van der Waals surface area contributed by atoms with Crippen molar-refractivity contribution in [3.63, 3.8) is 0 Å². The number of anilines is 2. The fourth-order valence-corrected chi connectivity index (χ4v) is 7.19. The van der Waals surface area contributed by atoms with Crippen molar-refractivity contribution < 1.29 is 4.79 Å². The molecule has 6 nitrogen and oxygen atoms in total. The van der Waals surface area contributed by atoms with E-state index in [1.807, 2.05) is 25.9 Å². The van der Waals surface area contributed by atoms with Crippen molar-refractivity contribution in [3.05, 3.63) is 53.7 Å². The molecule has 2 N–H and O–H groups in total. The number of aromatic nitrogens is 1. The van der Waals surface area contributed by atoms with E-state index in [2.05, 4.69) is 80.8 Å². The summed E-state index contributed by atoms with van der Waals surface area (Å²) < 4.78 is 4.65. The topological polar surface area (TPSA) is 52.5 Å². The Labute approximate surface area is 225 Å². The molecule has 0 radical (unpaired) electrons. The smallest absolute Gasteiger partial charge is 0.142 e. The lowest BCUT2D eigenvalue weighted by Crippen LogP contribution is -2.43. The van der Waals surface area contributed by atoms with Crippen LogP contribution in [0.3, 0.4) is 0 Å². The predicted octanol–water partition coefficient (Wildman–Crippen LogP) is 5.65. The molecule has 0 amide bonds. The number of carbonyl (C=O) groups excluding carboxylic acids is 1. The van der Waals surface area contributed by atoms with E-state index in [1.165, 1.54) is 58.6 Å². The Morgan fingerprint density at radius 1 is 1.08 bits per heavy atom. The molecule has 3 aliphatic rings. The lowest BCUT2D eigenvalue weighted by atomic mass is 10.1. The lowest BCUT2D eigenvalue weighted by molar-refractivity contribution is -0.110. The van der Waals surface area contributed by atoms with Gasteiger partial charge in [0, 0.05) is 79.2 Å². The van der Waals surface area contributed by atoms with E-state index in [0.717, 1.165) is 49.9 Å². The van der Waals surface area contributed by atoms with Crippen LogP contribution in [0.5, 0.6) is 0 Å². The minimum atomic E-state index is -0.107. The number of nitrogens with one attached hydrogen (secondary N) is 2. The number of nitrogens with zero attached hydrogens (tertiary/aromatic N) is 3. The average Bonchev–Trinajstić information content (AvgIpc) is 3.64. The molecule has 3 unspecified atom stereocenters. The van der Waals surface area contributed by atoms with Crippen LogP contribution in [0.4, 0.5) is 11.4 Å². The largest absolute Gasteiger partial charge is 0.388 e. The van der Waals surface area contributed by atoms with Gasteiger partial charge in [0.25, 0.3) is 0 Å². The van der Waals surface area contributed by atoms with Crippen molar-refractivity contribution in [2.45, 2.75) is 57.0 Å². The highest BCUT2D eigenvalue weighted by atomic mass is 32.2. The highest BCUT2D eigenvalue weighted by molar-refractivity contribution is 7.97. The molecule has 3 aromatic rings. The second kappa shape index (κ2) is 11.5. The van der Waals surface area contributed by atoms with Crippen LogP contribution >= 0.6 is 11.9 Å². The fraction of sp³-hybridized carbons (Fsp3) is 0.500. The first kappa shape index (κ1) is 26.1. The number of hydrogen-bond acceptors (Lipinski definition) is 6. The number of fused-ring (bicyclic) bond motifs is 3. The summed E-state index contributed by atoms with van der Waals surface area (Å²) in [5, 5.41) is 7.87. The zero-order chi connectivity index (χ0) is 25.9. The van der Waals surface area contributed by atoms with Gasteiger partial charge >= 0.3 is 0 Å². The van der Waals surface area contributed by atoms with E-state index >= 15 is 0 Å². The Kier molecular flexibility index (Phi) is 8.12. The number of benzene rings is 2. The van der Waals surface area contributed by atoms with Gasteiger partial charge in [-0.3, -0.25) is 0 Å². The summed E-state index contributed by atoms with van der Waals surface area (Å²) >= 11 is 1.92. The zero-order valence-corrected chi connectivity index (χ0v) is 23.5. The molecule has 3 heterocycles. The molecule has 198 valence electrons. The minimum absolute atomic E-state index is 0.107. The molecule has 6 rings (SSSR count). The first-order valence-corrected chi connectivity index (χ1v) is 14.5. The summed E-state index contributed by atoms with van der Waals surface area (Å²) in [6, 6.07) is 14.0. The number of aldehydes is 1. The fourth-order valence-electron chi connectivity index (χ4n) is 5.99. The molecule has 7 heteroatoms. The first-order chi connectivity index (χ1) is 18.0. The number of aryl methyl sites for hydroxylation is 2. The van der Waals surface area contributed by atoms with Gasteiger partial charge in [-0.15, -0.1) is 0 Å². The molecule has 0 spiro atoms. The lowest BCUT2D eigenvalue weighted by Gasteiger charge is -2.30. The van der Waals surface area contributed by atoms with E-state index in [-0.39, 0.29) is 6.04 Å². The third kappa shape index (κ3) is 5.69. The van der Waals surface area contributed by atoms with Crippen LogP contribution in [0.25, 0.3) is 10.9 Å². The van der Waals surface area contributed by atoms with Crippen LogP contribution in [0.2, 0.25) is 0 Å². The average molecular weight is 520 g/mol. The van der Waals surface area contributed by atoms with Crippen molar-refractivity contribution >= 4 is 40.5 Å². The third-order valence-electron chi connectivity index (χ3n) is 8.19. The number of piperidine rings is 1. The molecule has 3 fully saturated rings. The Bertz CT molecular complexity index is 1230. The van der Waals surface area contributed by atoms with Crippen LogP contribution in [0, 0.1) is 19.8 Å². The minimum Gasteiger partial charge on any atom is -0.388 e. The molecular formula is C30H41N5OS. The molecule has 2 bridgehead atoms. The highest BCUT2D eigenvalue weighted by Gasteiger charge is 2.38. The molecule has 2 aromatic carbocycles. The van der Waals surface area contributed by atoms with Gasteiger partial charge in [0.15, 0.2) is 0 Å². The maximum atomic E-state index is 11.1. The standard InChI is InChI=1S/C18H22N2OS.C12H19N3/c1-12-9-19(13(2)11-21)18-6-5-16(8-17(12)18)22-20-10-14-3-4-15(20)7-14;1-10-3-4-11(9-12(10)13-2)15-7-5-14-6-8-15/h5-6,8-9,11,13-15H,3-4,7,10H2,1-2H3;3-4,9,13-14H,5-8H2,1-2H3. The van der Waals surface area contributed by atoms with Gasteiger partial charge in [-0.1, -0.05) is 6.07 Å². The van der Waals surface area contributed by atoms with E-state index in [1.54, 1.807) is 0 Å². The van der Waals surface area contributed by atoms with E-state index in [4.69, 9.17) is 0 Å². The number of carbonyl (C=O) groups is 1. The second-order valence-electron chi connectivity index (χ2n) is 10.8. The van der Waals surface area contributed by atoms with Gasteiger partial charge in [-0.2, -0.15) is 0 Å². The normalized spacial score (nSPS) is 22.1. The zero-order valence-electron chi connectivity index (χ0n) is 22.7. The van der Waals surface area contributed by atoms with E-state index in [0.29, 0.717) is 0 Å². The molecule has 3 atom stereocenters. The van der Waals surface area contributed by atoms with Gasteiger partial charge in [0.1, 0.15) is 6.29 Å². The van der Waals surface area contributed by atoms with Crippen molar-refractivity contribution in [2.24, 2.45) is 5.92 Å². The predicted molar refractivity (Wildman–Crippen MR) is 157 cm³/mol. The molecule has 2 saturated heterocycles. The molecule has 2 aliphatic heterocycles. The van der Waals surface area contributed by atoms with Gasteiger partial charge in [-0.25, -0.2) is 4.31 Å². The summed E-state index contributed by atoms with van der Waals surface area (Å²) in [4.78, 5) is 14.8. The van der Waals surface area contributed by atoms with Crippen molar-refractivity contribution in [2.75, 3.05) is 50.0 Å². The molecule has 1 aromatic heterocycles. The summed E-state index contributed by atoms with van der Waals surface area (Å²) in [6.45, 7) is 11.8. The van der Waals surface area contributed by atoms with Gasteiger partial charge in [0.2, 0.25) is 0 Å². The van der Waals surface area contributed by atoms with Crippen molar-refractivity contribution in [1.29, 1.82) is 0 Å². The molecule has 37 heavy (non-hydrogen) atoms. The van der Waals surface area contributed by atoms with E-state index < -0.39 is 0 Å². The number of piperazine rings is 1. The Balaban J connectivity index is 0.000000164. The summed E-state index contributed by atoms with van der Waals surface area (Å²) in [5.74, 6) is 0.928. The maximum Gasteiger partial charge on any atom is 0.142 e. The van der Waals surface area contributed by atoms with Gasteiger partial charge < -0.3 is 24.9 Å². The molecule has 1 saturated carbocycles. The van der Waals surface area contributed by atoms with Crippen LogP contribution in [0.15, 0.2) is 47.5 Å². The molecule has 1 aliphatic carbocycles. The van der Waals surface area contributed by atoms with Crippen molar-refractivity contribution in [1.82, 2.24) is 14.2 Å². The molecular weight excluding hydrogens is 478 g/mol. The quantitative estimate of drug-likeness (QED) is 0.324. The van der Waals surface area contributed by atoms with Crippen molar-refractivity contribution in [3.8, 4) is 0 Å². The maximum absolute atomic E-state index is 11.1. The summed E-state index contributed by atoms with van der Waals surface area (Å²) in [6.07, 6.45) is 7.28. The second-order valence-corrected chi connectivity index (χ2v) is 11.9. The first-order valence-electron chi connectivity index (χ1n) is 13.7. The summed E-state index contributed by atoms with van der Waals surface area (Å²) in [7, 11) is 1.98. The van der Waals surface area contributed by atoms with Crippen LogP contribution in [0.1, 0.15) is 43.4 Å². The Morgan fingerprint density at radius 3 is 2.57 bits per heavy atom. The number of rotatable bonds is 6. The van der Waals surface area contributed by atoms with Gasteiger partial charge in [0.05, 0.1) is 6.04 Å². The highest BCUT2D eigenvalue weighted by Crippen LogP contribution is 2.43. The van der Waals surface area contributed by atoms with Crippen LogP contribution in [-0.2, 0) is 4.79 Å². The Hall–Kier alpha value is -2.48. The van der Waals surface area contributed by atoms with E-state index in [9.17, 15) is 4.79 Å². The third-order valence-corrected chi connectivity index (χ3v) is 9.34. The SMILES string of the molecule is CNc1cc(N2CCNCC2)ccc1C.Cc1cn(C(C)C=O)c2ccc(SN3CC4CCC3C4)cc12. The van der Waals surface area contributed by atoms with Gasteiger partial charge in [-0.05, 0) is 99.4 Å². The van der Waals surface area contributed by atoms with Crippen LogP contribution in [-0.4, -0.2) is 61.0 Å². The monoisotopic (exact) mass is 519 g/mol.